The Bertz CT molecular complexity index is 852. The number of aromatic nitrogens is 2. The van der Waals surface area contributed by atoms with Gasteiger partial charge in [-0.3, -0.25) is 9.59 Å². The molecule has 0 spiro atoms. The van der Waals surface area contributed by atoms with Crippen molar-refractivity contribution in [2.24, 2.45) is 13.0 Å². The summed E-state index contributed by atoms with van der Waals surface area (Å²) >= 11 is 0. The number of carbonyl (C=O) groups excluding carboxylic acids is 1. The highest BCUT2D eigenvalue weighted by atomic mass is 16.5. The van der Waals surface area contributed by atoms with E-state index in [1.54, 1.807) is 43.1 Å². The fourth-order valence-corrected chi connectivity index (χ4v) is 4.11. The molecule has 2 aromatic rings. The fourth-order valence-electron chi connectivity index (χ4n) is 4.11. The largest absolute Gasteiger partial charge is 0.481 e. The zero-order valence-corrected chi connectivity index (χ0v) is 16.9. The Morgan fingerprint density at radius 1 is 1.29 bits per heavy atom. The standard InChI is InChI=1S/C22H29N3O3/c1-4-19(24-22(27)18-9-10-20(28-3)23-14-18)16-7-5-15(6-8-16)17-11-12-25(2)21(26)13-17/h9-16,19H,4-8H2,1-3H3,(H,24,27)/t15-,16+,19-/m0/s1. The summed E-state index contributed by atoms with van der Waals surface area (Å²) in [6, 6.07) is 7.41. The molecule has 0 saturated heterocycles. The maximum atomic E-state index is 12.6. The molecular formula is C22H29N3O3. The van der Waals surface area contributed by atoms with Crippen molar-refractivity contribution in [3.05, 3.63) is 58.1 Å². The molecular weight excluding hydrogens is 354 g/mol. The molecule has 1 atom stereocenters. The van der Waals surface area contributed by atoms with Gasteiger partial charge in [0, 0.05) is 37.6 Å². The van der Waals surface area contributed by atoms with Crippen LogP contribution in [0.2, 0.25) is 0 Å². The van der Waals surface area contributed by atoms with Gasteiger partial charge >= 0.3 is 0 Å². The molecule has 0 unspecified atom stereocenters. The van der Waals surface area contributed by atoms with E-state index in [4.69, 9.17) is 4.74 Å². The number of methoxy groups -OCH3 is 1. The molecule has 0 bridgehead atoms. The van der Waals surface area contributed by atoms with Gasteiger partial charge in [0.25, 0.3) is 11.5 Å². The molecule has 1 aliphatic rings. The van der Waals surface area contributed by atoms with Gasteiger partial charge in [-0.05, 0) is 61.6 Å². The van der Waals surface area contributed by atoms with Crippen molar-refractivity contribution in [1.82, 2.24) is 14.9 Å². The summed E-state index contributed by atoms with van der Waals surface area (Å²) in [6.07, 6.45) is 8.51. The monoisotopic (exact) mass is 383 g/mol. The van der Waals surface area contributed by atoms with Crippen molar-refractivity contribution in [2.75, 3.05) is 7.11 Å². The molecule has 0 aromatic carbocycles. The van der Waals surface area contributed by atoms with Crippen molar-refractivity contribution in [1.29, 1.82) is 0 Å². The fraction of sp³-hybridized carbons (Fsp3) is 0.500. The SMILES string of the molecule is CC[C@H](NC(=O)c1ccc(OC)nc1)[C@H]1CC[C@@H](c2ccn(C)c(=O)c2)CC1. The molecule has 150 valence electrons. The normalized spacial score (nSPS) is 20.4. The van der Waals surface area contributed by atoms with Crippen LogP contribution in [0, 0.1) is 5.92 Å². The summed E-state index contributed by atoms with van der Waals surface area (Å²) in [5, 5.41) is 3.19. The number of hydrogen-bond acceptors (Lipinski definition) is 4. The van der Waals surface area contributed by atoms with Crippen molar-refractivity contribution >= 4 is 5.91 Å². The molecule has 6 nitrogen and oxygen atoms in total. The van der Waals surface area contributed by atoms with Crippen LogP contribution >= 0.6 is 0 Å². The second-order valence-corrected chi connectivity index (χ2v) is 7.60. The third-order valence-electron chi connectivity index (χ3n) is 5.90. The van der Waals surface area contributed by atoms with Crippen LogP contribution in [0.1, 0.15) is 60.9 Å². The summed E-state index contributed by atoms with van der Waals surface area (Å²) in [7, 11) is 3.33. The lowest BCUT2D eigenvalue weighted by molar-refractivity contribution is 0.0909. The van der Waals surface area contributed by atoms with E-state index < -0.39 is 0 Å². The third-order valence-corrected chi connectivity index (χ3v) is 5.90. The van der Waals surface area contributed by atoms with E-state index in [2.05, 4.69) is 23.3 Å². The second-order valence-electron chi connectivity index (χ2n) is 7.60. The van der Waals surface area contributed by atoms with E-state index in [9.17, 15) is 9.59 Å². The van der Waals surface area contributed by atoms with Gasteiger partial charge in [0.05, 0.1) is 12.7 Å². The van der Waals surface area contributed by atoms with Crippen LogP contribution < -0.4 is 15.6 Å². The minimum Gasteiger partial charge on any atom is -0.481 e. The number of nitrogens with one attached hydrogen (secondary N) is 1. The Morgan fingerprint density at radius 2 is 2.04 bits per heavy atom. The van der Waals surface area contributed by atoms with Crippen molar-refractivity contribution in [3.8, 4) is 5.88 Å². The number of amides is 1. The van der Waals surface area contributed by atoms with Gasteiger partial charge in [-0.1, -0.05) is 6.92 Å². The molecule has 0 aliphatic heterocycles. The number of ether oxygens (including phenoxy) is 1. The van der Waals surface area contributed by atoms with Crippen LogP contribution in [0.5, 0.6) is 5.88 Å². The average molecular weight is 383 g/mol. The summed E-state index contributed by atoms with van der Waals surface area (Å²) in [5.41, 5.74) is 1.74. The highest BCUT2D eigenvalue weighted by Gasteiger charge is 2.28. The van der Waals surface area contributed by atoms with Gasteiger partial charge in [0.1, 0.15) is 0 Å². The maximum Gasteiger partial charge on any atom is 0.253 e. The topological polar surface area (TPSA) is 73.2 Å². The zero-order valence-electron chi connectivity index (χ0n) is 16.9. The highest BCUT2D eigenvalue weighted by Crippen LogP contribution is 2.37. The molecule has 1 aliphatic carbocycles. The van der Waals surface area contributed by atoms with E-state index in [0.29, 0.717) is 23.3 Å². The molecule has 1 amide bonds. The Kier molecular flexibility index (Phi) is 6.49. The molecule has 1 saturated carbocycles. The lowest BCUT2D eigenvalue weighted by atomic mass is 9.75. The maximum absolute atomic E-state index is 12.6. The van der Waals surface area contributed by atoms with E-state index in [0.717, 1.165) is 37.7 Å². The molecule has 1 fully saturated rings. The number of nitrogens with zero attached hydrogens (tertiary/aromatic N) is 2. The zero-order chi connectivity index (χ0) is 20.1. The lowest BCUT2D eigenvalue weighted by Crippen LogP contribution is -2.41. The van der Waals surface area contributed by atoms with Crippen molar-refractivity contribution in [3.63, 3.8) is 0 Å². The van der Waals surface area contributed by atoms with Gasteiger partial charge < -0.3 is 14.6 Å². The molecule has 2 aromatic heterocycles. The quantitative estimate of drug-likeness (QED) is 0.831. The molecule has 0 radical (unpaired) electrons. The van der Waals surface area contributed by atoms with Crippen molar-refractivity contribution in [2.45, 2.75) is 51.0 Å². The first kappa shape index (κ1) is 20.1. The minimum atomic E-state index is -0.0873. The predicted molar refractivity (Wildman–Crippen MR) is 109 cm³/mol. The minimum absolute atomic E-state index is 0.0476. The second kappa shape index (κ2) is 9.04. The Morgan fingerprint density at radius 3 is 2.61 bits per heavy atom. The van der Waals surface area contributed by atoms with Crippen molar-refractivity contribution < 1.29 is 9.53 Å². The summed E-state index contributed by atoms with van der Waals surface area (Å²) < 4.78 is 6.65. The van der Waals surface area contributed by atoms with Gasteiger partial charge in [-0.2, -0.15) is 0 Å². The number of hydrogen-bond donors (Lipinski definition) is 1. The first-order valence-electron chi connectivity index (χ1n) is 9.99. The summed E-state index contributed by atoms with van der Waals surface area (Å²) in [6.45, 7) is 2.12. The van der Waals surface area contributed by atoms with Gasteiger partial charge in [-0.25, -0.2) is 4.98 Å². The molecule has 2 heterocycles. The lowest BCUT2D eigenvalue weighted by Gasteiger charge is -2.34. The number of rotatable bonds is 6. The van der Waals surface area contributed by atoms with Crippen LogP contribution in [0.3, 0.4) is 0 Å². The van der Waals surface area contributed by atoms with Crippen LogP contribution in [0.15, 0.2) is 41.5 Å². The Balaban J connectivity index is 1.58. The van der Waals surface area contributed by atoms with Gasteiger partial charge in [0.15, 0.2) is 0 Å². The Labute approximate surface area is 165 Å². The van der Waals surface area contributed by atoms with E-state index in [1.165, 1.54) is 0 Å². The van der Waals surface area contributed by atoms with E-state index in [1.807, 2.05) is 6.20 Å². The smallest absolute Gasteiger partial charge is 0.253 e. The van der Waals surface area contributed by atoms with Gasteiger partial charge in [-0.15, -0.1) is 0 Å². The molecule has 3 rings (SSSR count). The molecule has 28 heavy (non-hydrogen) atoms. The van der Waals surface area contributed by atoms with Crippen LogP contribution in [-0.4, -0.2) is 28.6 Å². The third kappa shape index (κ3) is 4.61. The summed E-state index contributed by atoms with van der Waals surface area (Å²) in [4.78, 5) is 28.6. The number of carbonyl (C=O) groups is 1. The van der Waals surface area contributed by atoms with Crippen LogP contribution in [0.4, 0.5) is 0 Å². The van der Waals surface area contributed by atoms with Crippen LogP contribution in [-0.2, 0) is 7.05 Å². The van der Waals surface area contributed by atoms with E-state index in [-0.39, 0.29) is 17.5 Å². The first-order chi connectivity index (χ1) is 13.5. The number of pyridine rings is 2. The summed E-state index contributed by atoms with van der Waals surface area (Å²) in [5.74, 6) is 1.31. The Hall–Kier alpha value is -2.63. The van der Waals surface area contributed by atoms with Gasteiger partial charge in [0.2, 0.25) is 5.88 Å². The first-order valence-corrected chi connectivity index (χ1v) is 9.99. The molecule has 1 N–H and O–H groups in total. The number of aryl methyl sites for hydroxylation is 1. The van der Waals surface area contributed by atoms with E-state index >= 15 is 0 Å². The van der Waals surface area contributed by atoms with Crippen LogP contribution in [0.25, 0.3) is 0 Å². The predicted octanol–water partition coefficient (Wildman–Crippen LogP) is 3.27. The molecule has 6 heteroatoms. The highest BCUT2D eigenvalue weighted by molar-refractivity contribution is 5.94. The average Bonchev–Trinajstić information content (AvgIpc) is 2.74.